The van der Waals surface area contributed by atoms with Crippen LogP contribution in [0.15, 0.2) is 64.8 Å². The Labute approximate surface area is 176 Å². The van der Waals surface area contributed by atoms with Crippen molar-refractivity contribution < 1.29 is 9.66 Å². The zero-order chi connectivity index (χ0) is 22.0. The fourth-order valence-corrected chi connectivity index (χ4v) is 3.21. The fourth-order valence-electron chi connectivity index (χ4n) is 3.21. The van der Waals surface area contributed by atoms with Crippen molar-refractivity contribution >= 4 is 22.8 Å². The minimum absolute atomic E-state index is 0.0876. The Bertz CT molecular complexity index is 1370. The first-order chi connectivity index (χ1) is 15.0. The van der Waals surface area contributed by atoms with Crippen LogP contribution in [0.25, 0.3) is 10.9 Å². The summed E-state index contributed by atoms with van der Waals surface area (Å²) >= 11 is 0. The minimum atomic E-state index is -0.499. The summed E-state index contributed by atoms with van der Waals surface area (Å²) in [6.45, 7) is 1.99. The second-order valence-electron chi connectivity index (χ2n) is 6.76. The van der Waals surface area contributed by atoms with E-state index in [-0.39, 0.29) is 17.8 Å². The third-order valence-electron chi connectivity index (χ3n) is 4.71. The monoisotopic (exact) mass is 418 g/mol. The lowest BCUT2D eigenvalue weighted by atomic mass is 10.1. The number of rotatable bonds is 6. The number of aromatic nitrogens is 4. The Morgan fingerprint density at radius 1 is 1.26 bits per heavy atom. The van der Waals surface area contributed by atoms with E-state index in [0.717, 1.165) is 11.1 Å². The highest BCUT2D eigenvalue weighted by Crippen LogP contribution is 2.21. The quantitative estimate of drug-likeness (QED) is 0.270. The molecular formula is C21H18N6O4. The second-order valence-corrected chi connectivity index (χ2v) is 6.76. The van der Waals surface area contributed by atoms with E-state index in [2.05, 4.69) is 15.2 Å². The van der Waals surface area contributed by atoms with Gasteiger partial charge < -0.3 is 4.74 Å². The van der Waals surface area contributed by atoms with Crippen LogP contribution in [0.1, 0.15) is 17.0 Å². The molecule has 4 aromatic rings. The summed E-state index contributed by atoms with van der Waals surface area (Å²) in [5.41, 5.74) is 1.76. The SMILES string of the molecule is COc1ccc(/C=N/n2c(C)nc3ccccc3c2=O)cc1Cn1cc([N+](=O)[O-])cn1. The Hall–Kier alpha value is -4.34. The van der Waals surface area contributed by atoms with Gasteiger partial charge in [-0.05, 0) is 42.8 Å². The van der Waals surface area contributed by atoms with Crippen molar-refractivity contribution in [2.24, 2.45) is 5.10 Å². The Morgan fingerprint density at radius 3 is 2.81 bits per heavy atom. The highest BCUT2D eigenvalue weighted by molar-refractivity contribution is 5.81. The maximum atomic E-state index is 12.8. The van der Waals surface area contributed by atoms with Crippen LogP contribution in [-0.2, 0) is 6.54 Å². The first-order valence-corrected chi connectivity index (χ1v) is 9.33. The molecule has 10 nitrogen and oxygen atoms in total. The van der Waals surface area contributed by atoms with Crippen molar-refractivity contribution in [2.45, 2.75) is 13.5 Å². The second kappa shape index (κ2) is 8.19. The number of para-hydroxylation sites is 1. The van der Waals surface area contributed by atoms with E-state index in [1.165, 1.54) is 21.8 Å². The van der Waals surface area contributed by atoms with Gasteiger partial charge in [-0.25, -0.2) is 4.98 Å². The number of methoxy groups -OCH3 is 1. The molecule has 0 aliphatic rings. The number of benzene rings is 2. The molecule has 0 atom stereocenters. The third-order valence-corrected chi connectivity index (χ3v) is 4.71. The zero-order valence-electron chi connectivity index (χ0n) is 16.8. The standard InChI is InChI=1S/C21H18N6O4/c1-14-24-19-6-4-3-5-18(19)21(28)26(14)23-10-15-7-8-20(31-2)16(9-15)12-25-13-17(11-22-25)27(29)30/h3-11,13H,12H2,1-2H3/b23-10+. The van der Waals surface area contributed by atoms with Crippen LogP contribution in [0.3, 0.4) is 0 Å². The Balaban J connectivity index is 1.67. The molecule has 4 rings (SSSR count). The first kappa shape index (κ1) is 20.0. The first-order valence-electron chi connectivity index (χ1n) is 9.33. The van der Waals surface area contributed by atoms with Crippen molar-refractivity contribution in [1.29, 1.82) is 0 Å². The van der Waals surface area contributed by atoms with Crippen molar-refractivity contribution in [3.05, 3.63) is 92.3 Å². The smallest absolute Gasteiger partial charge is 0.307 e. The number of aryl methyl sites for hydroxylation is 1. The molecule has 156 valence electrons. The Morgan fingerprint density at radius 2 is 2.06 bits per heavy atom. The number of fused-ring (bicyclic) bond motifs is 1. The van der Waals surface area contributed by atoms with Gasteiger partial charge >= 0.3 is 5.69 Å². The molecule has 0 amide bonds. The van der Waals surface area contributed by atoms with Crippen LogP contribution in [0.4, 0.5) is 5.69 Å². The Kier molecular flexibility index (Phi) is 5.27. The maximum Gasteiger partial charge on any atom is 0.307 e. The molecule has 0 N–H and O–H groups in total. The van der Waals surface area contributed by atoms with Crippen molar-refractivity contribution in [3.63, 3.8) is 0 Å². The predicted octanol–water partition coefficient (Wildman–Crippen LogP) is 2.75. The molecule has 0 aliphatic carbocycles. The molecule has 0 fully saturated rings. The van der Waals surface area contributed by atoms with E-state index in [4.69, 9.17) is 4.74 Å². The highest BCUT2D eigenvalue weighted by atomic mass is 16.6. The van der Waals surface area contributed by atoms with Gasteiger partial charge in [0.15, 0.2) is 0 Å². The maximum absolute atomic E-state index is 12.8. The molecule has 10 heteroatoms. The topological polar surface area (TPSA) is 117 Å². The molecule has 2 heterocycles. The number of hydrogen-bond donors (Lipinski definition) is 0. The van der Waals surface area contributed by atoms with Gasteiger partial charge in [0, 0.05) is 5.56 Å². The van der Waals surface area contributed by atoms with Gasteiger partial charge in [0.25, 0.3) is 5.56 Å². The van der Waals surface area contributed by atoms with Crippen LogP contribution in [-0.4, -0.2) is 37.7 Å². The van der Waals surface area contributed by atoms with Crippen LogP contribution in [0.5, 0.6) is 5.75 Å². The lowest BCUT2D eigenvalue weighted by Crippen LogP contribution is -2.20. The van der Waals surface area contributed by atoms with Gasteiger partial charge in [-0.1, -0.05) is 12.1 Å². The molecule has 0 radical (unpaired) electrons. The molecule has 2 aromatic heterocycles. The minimum Gasteiger partial charge on any atom is -0.496 e. The molecule has 0 unspecified atom stereocenters. The average Bonchev–Trinajstić information content (AvgIpc) is 3.23. The van der Waals surface area contributed by atoms with Gasteiger partial charge in [0.05, 0.1) is 35.7 Å². The van der Waals surface area contributed by atoms with Gasteiger partial charge in [0.1, 0.15) is 24.0 Å². The lowest BCUT2D eigenvalue weighted by Gasteiger charge is -2.10. The highest BCUT2D eigenvalue weighted by Gasteiger charge is 2.12. The van der Waals surface area contributed by atoms with Crippen LogP contribution >= 0.6 is 0 Å². The van der Waals surface area contributed by atoms with E-state index >= 15 is 0 Å². The summed E-state index contributed by atoms with van der Waals surface area (Å²) in [5.74, 6) is 1.08. The van der Waals surface area contributed by atoms with Crippen LogP contribution < -0.4 is 10.3 Å². The molecule has 0 saturated carbocycles. The largest absolute Gasteiger partial charge is 0.496 e. The van der Waals surface area contributed by atoms with Gasteiger partial charge in [-0.15, -0.1) is 0 Å². The number of ether oxygens (including phenoxy) is 1. The number of hydrogen-bond acceptors (Lipinski definition) is 7. The van der Waals surface area contributed by atoms with Crippen LogP contribution in [0.2, 0.25) is 0 Å². The zero-order valence-corrected chi connectivity index (χ0v) is 16.8. The molecule has 2 aromatic carbocycles. The van der Waals surface area contributed by atoms with Gasteiger partial charge in [-0.3, -0.25) is 19.6 Å². The summed E-state index contributed by atoms with van der Waals surface area (Å²) < 4.78 is 8.10. The summed E-state index contributed by atoms with van der Waals surface area (Å²) in [6.07, 6.45) is 4.10. The molecule has 0 saturated heterocycles. The van der Waals surface area contributed by atoms with Gasteiger partial charge in [0.2, 0.25) is 0 Å². The summed E-state index contributed by atoms with van der Waals surface area (Å²) in [5, 5.41) is 19.7. The number of nitrogens with zero attached hydrogens (tertiary/aromatic N) is 6. The average molecular weight is 418 g/mol. The summed E-state index contributed by atoms with van der Waals surface area (Å²) in [4.78, 5) is 27.6. The van der Waals surface area contributed by atoms with Crippen molar-refractivity contribution in [1.82, 2.24) is 19.4 Å². The normalized spacial score (nSPS) is 11.3. The molecule has 31 heavy (non-hydrogen) atoms. The molecule has 0 aliphatic heterocycles. The van der Waals surface area contributed by atoms with Crippen molar-refractivity contribution in [2.75, 3.05) is 7.11 Å². The van der Waals surface area contributed by atoms with E-state index in [9.17, 15) is 14.9 Å². The van der Waals surface area contributed by atoms with E-state index in [0.29, 0.717) is 22.5 Å². The molecule has 0 bridgehead atoms. The van der Waals surface area contributed by atoms with Crippen LogP contribution in [0, 0.1) is 17.0 Å². The predicted molar refractivity (Wildman–Crippen MR) is 115 cm³/mol. The summed E-state index contributed by atoms with van der Waals surface area (Å²) in [7, 11) is 1.54. The third kappa shape index (κ3) is 4.04. The van der Waals surface area contributed by atoms with E-state index in [1.54, 1.807) is 50.6 Å². The van der Waals surface area contributed by atoms with Gasteiger partial charge in [-0.2, -0.15) is 14.9 Å². The van der Waals surface area contributed by atoms with E-state index < -0.39 is 4.92 Å². The van der Waals surface area contributed by atoms with E-state index in [1.807, 2.05) is 12.1 Å². The summed E-state index contributed by atoms with van der Waals surface area (Å²) in [6, 6.07) is 12.5. The fraction of sp³-hybridized carbons (Fsp3) is 0.143. The molecular weight excluding hydrogens is 400 g/mol. The number of nitro groups is 1. The molecule has 0 spiro atoms. The lowest BCUT2D eigenvalue weighted by molar-refractivity contribution is -0.385. The van der Waals surface area contributed by atoms with Crippen molar-refractivity contribution in [3.8, 4) is 5.75 Å².